The van der Waals surface area contributed by atoms with Gasteiger partial charge in [0.25, 0.3) is 0 Å². The second-order valence-corrected chi connectivity index (χ2v) is 4.26. The maximum absolute atomic E-state index is 8.52. The van der Waals surface area contributed by atoms with Crippen LogP contribution in [0.15, 0.2) is 0 Å². The molecule has 0 aromatic rings. The Kier molecular flexibility index (Phi) is 2.06. The van der Waals surface area contributed by atoms with E-state index >= 15 is 0 Å². The van der Waals surface area contributed by atoms with Crippen molar-refractivity contribution in [3.63, 3.8) is 0 Å². The van der Waals surface area contributed by atoms with Crippen LogP contribution < -0.4 is 0 Å². The molecule has 66 valence electrons. The smallest absolute Gasteiger partial charge is 0.0638 e. The lowest BCUT2D eigenvalue weighted by Crippen LogP contribution is -2.51. The first kappa shape index (κ1) is 8.07. The summed E-state index contributed by atoms with van der Waals surface area (Å²) in [6.07, 6.45) is 3.62. The predicted octanol–water partition coefficient (Wildman–Crippen LogP) is 1.63. The molecule has 0 aromatic heterocycles. The molecule has 0 radical (unpaired) electrons. The van der Waals surface area contributed by atoms with Gasteiger partial charge < -0.3 is 0 Å². The number of nitrogens with zero attached hydrogens (tertiary/aromatic N) is 2. The molecule has 1 unspecified atom stereocenters. The van der Waals surface area contributed by atoms with Crippen LogP contribution in [-0.2, 0) is 0 Å². The summed E-state index contributed by atoms with van der Waals surface area (Å²) < 4.78 is 0. The molecule has 12 heavy (non-hydrogen) atoms. The molecule has 0 amide bonds. The van der Waals surface area contributed by atoms with Gasteiger partial charge in [-0.05, 0) is 31.6 Å². The van der Waals surface area contributed by atoms with E-state index in [9.17, 15) is 0 Å². The molecule has 1 saturated heterocycles. The van der Waals surface area contributed by atoms with Gasteiger partial charge in [0, 0.05) is 19.1 Å². The lowest BCUT2D eigenvalue weighted by Gasteiger charge is -2.43. The van der Waals surface area contributed by atoms with E-state index in [2.05, 4.69) is 17.9 Å². The Balaban J connectivity index is 1.69. The number of rotatable bonds is 3. The van der Waals surface area contributed by atoms with Gasteiger partial charge in [0.15, 0.2) is 0 Å². The van der Waals surface area contributed by atoms with Gasteiger partial charge in [-0.25, -0.2) is 0 Å². The SMILES string of the molecule is CC(CC#N)N1CC(C2CC2)C1. The normalized spacial score (nSPS) is 27.7. The monoisotopic (exact) mass is 164 g/mol. The number of likely N-dealkylation sites (tertiary alicyclic amines) is 1. The third kappa shape index (κ3) is 1.47. The Hall–Kier alpha value is -0.550. The molecule has 2 rings (SSSR count). The van der Waals surface area contributed by atoms with Crippen LogP contribution in [0.1, 0.15) is 26.2 Å². The van der Waals surface area contributed by atoms with Crippen LogP contribution in [0.5, 0.6) is 0 Å². The van der Waals surface area contributed by atoms with Gasteiger partial charge >= 0.3 is 0 Å². The van der Waals surface area contributed by atoms with Crippen LogP contribution >= 0.6 is 0 Å². The second kappa shape index (κ2) is 3.06. The van der Waals surface area contributed by atoms with Crippen molar-refractivity contribution in [3.8, 4) is 6.07 Å². The van der Waals surface area contributed by atoms with Gasteiger partial charge in [-0.2, -0.15) is 5.26 Å². The molecule has 1 heterocycles. The van der Waals surface area contributed by atoms with Crippen LogP contribution in [0.3, 0.4) is 0 Å². The Bertz CT molecular complexity index is 196. The molecule has 0 N–H and O–H groups in total. The third-order valence-electron chi connectivity index (χ3n) is 3.24. The van der Waals surface area contributed by atoms with Crippen molar-refractivity contribution < 1.29 is 0 Å². The van der Waals surface area contributed by atoms with Crippen molar-refractivity contribution in [2.75, 3.05) is 13.1 Å². The van der Waals surface area contributed by atoms with Crippen LogP contribution in [0.2, 0.25) is 0 Å². The summed E-state index contributed by atoms with van der Waals surface area (Å²) in [7, 11) is 0. The van der Waals surface area contributed by atoms with Gasteiger partial charge in [-0.1, -0.05) is 0 Å². The fourth-order valence-electron chi connectivity index (χ4n) is 2.04. The Morgan fingerprint density at radius 1 is 1.42 bits per heavy atom. The molecular formula is C10H16N2. The number of nitriles is 1. The van der Waals surface area contributed by atoms with Crippen molar-refractivity contribution in [1.82, 2.24) is 4.90 Å². The van der Waals surface area contributed by atoms with E-state index in [1.165, 1.54) is 25.9 Å². The van der Waals surface area contributed by atoms with E-state index in [1.807, 2.05) is 0 Å². The highest BCUT2D eigenvalue weighted by Gasteiger charge is 2.40. The summed E-state index contributed by atoms with van der Waals surface area (Å²) >= 11 is 0. The fourth-order valence-corrected chi connectivity index (χ4v) is 2.04. The standard InChI is InChI=1S/C10H16N2/c1-8(4-5-11)12-6-10(7-12)9-2-3-9/h8-10H,2-4,6-7H2,1H3. The van der Waals surface area contributed by atoms with E-state index < -0.39 is 0 Å². The van der Waals surface area contributed by atoms with Crippen molar-refractivity contribution in [2.45, 2.75) is 32.2 Å². The molecule has 2 nitrogen and oxygen atoms in total. The minimum Gasteiger partial charge on any atom is -0.299 e. The van der Waals surface area contributed by atoms with E-state index in [1.54, 1.807) is 0 Å². The van der Waals surface area contributed by atoms with Gasteiger partial charge in [-0.3, -0.25) is 4.90 Å². The van der Waals surface area contributed by atoms with Crippen LogP contribution in [-0.4, -0.2) is 24.0 Å². The predicted molar refractivity (Wildman–Crippen MR) is 47.5 cm³/mol. The molecule has 0 spiro atoms. The van der Waals surface area contributed by atoms with E-state index in [0.717, 1.165) is 11.8 Å². The number of hydrogen-bond donors (Lipinski definition) is 0. The van der Waals surface area contributed by atoms with Crippen LogP contribution in [0, 0.1) is 23.2 Å². The highest BCUT2D eigenvalue weighted by Crippen LogP contribution is 2.41. The van der Waals surface area contributed by atoms with Crippen LogP contribution in [0.25, 0.3) is 0 Å². The van der Waals surface area contributed by atoms with E-state index in [-0.39, 0.29) is 0 Å². The van der Waals surface area contributed by atoms with Crippen molar-refractivity contribution in [3.05, 3.63) is 0 Å². The Morgan fingerprint density at radius 2 is 2.08 bits per heavy atom. The summed E-state index contributed by atoms with van der Waals surface area (Å²) in [4.78, 5) is 2.44. The quantitative estimate of drug-likeness (QED) is 0.634. The maximum atomic E-state index is 8.52. The molecule has 1 atom stereocenters. The molecule has 0 aromatic carbocycles. The third-order valence-corrected chi connectivity index (χ3v) is 3.24. The van der Waals surface area contributed by atoms with Gasteiger partial charge in [-0.15, -0.1) is 0 Å². The van der Waals surface area contributed by atoms with E-state index in [4.69, 9.17) is 5.26 Å². The minimum absolute atomic E-state index is 0.491. The van der Waals surface area contributed by atoms with Crippen molar-refractivity contribution in [1.29, 1.82) is 5.26 Å². The lowest BCUT2D eigenvalue weighted by molar-refractivity contribution is 0.0495. The van der Waals surface area contributed by atoms with Gasteiger partial charge in [0.05, 0.1) is 12.5 Å². The second-order valence-electron chi connectivity index (χ2n) is 4.26. The summed E-state index contributed by atoms with van der Waals surface area (Å²) in [5.41, 5.74) is 0. The molecule has 2 fully saturated rings. The molecule has 0 bridgehead atoms. The fraction of sp³-hybridized carbons (Fsp3) is 0.900. The topological polar surface area (TPSA) is 27.0 Å². The first-order valence-electron chi connectivity index (χ1n) is 4.92. The summed E-state index contributed by atoms with van der Waals surface area (Å²) in [5, 5.41) is 8.52. The van der Waals surface area contributed by atoms with Crippen molar-refractivity contribution in [2.24, 2.45) is 11.8 Å². The number of hydrogen-bond acceptors (Lipinski definition) is 2. The zero-order valence-corrected chi connectivity index (χ0v) is 7.66. The molecule has 1 aliphatic heterocycles. The molecule has 2 aliphatic rings. The van der Waals surface area contributed by atoms with Crippen LogP contribution in [0.4, 0.5) is 0 Å². The maximum Gasteiger partial charge on any atom is 0.0638 e. The summed E-state index contributed by atoms with van der Waals surface area (Å²) in [6.45, 7) is 4.67. The summed E-state index contributed by atoms with van der Waals surface area (Å²) in [6, 6.07) is 2.73. The minimum atomic E-state index is 0.491. The lowest BCUT2D eigenvalue weighted by atomic mass is 9.92. The Labute approximate surface area is 74.2 Å². The Morgan fingerprint density at radius 3 is 2.58 bits per heavy atom. The zero-order valence-electron chi connectivity index (χ0n) is 7.66. The molecule has 1 aliphatic carbocycles. The highest BCUT2D eigenvalue weighted by atomic mass is 15.2. The van der Waals surface area contributed by atoms with E-state index in [0.29, 0.717) is 12.5 Å². The van der Waals surface area contributed by atoms with Crippen molar-refractivity contribution >= 4 is 0 Å². The molecule has 2 heteroatoms. The average molecular weight is 164 g/mol. The highest BCUT2D eigenvalue weighted by molar-refractivity contribution is 4.94. The zero-order chi connectivity index (χ0) is 8.55. The molecular weight excluding hydrogens is 148 g/mol. The molecule has 1 saturated carbocycles. The average Bonchev–Trinajstić information content (AvgIpc) is 2.68. The van der Waals surface area contributed by atoms with Gasteiger partial charge in [0.1, 0.15) is 0 Å². The summed E-state index contributed by atoms with van der Waals surface area (Å²) in [5.74, 6) is 2.03. The first-order chi connectivity index (χ1) is 5.81. The largest absolute Gasteiger partial charge is 0.299 e. The van der Waals surface area contributed by atoms with Gasteiger partial charge in [0.2, 0.25) is 0 Å². The first-order valence-corrected chi connectivity index (χ1v) is 4.92.